The van der Waals surface area contributed by atoms with E-state index >= 15 is 4.79 Å². The molecule has 8 rings (SSSR count). The molecule has 0 fully saturated rings. The average molecular weight is 964 g/mol. The second kappa shape index (κ2) is 24.2. The van der Waals surface area contributed by atoms with Crippen LogP contribution < -0.4 is 16.0 Å². The third-order valence-corrected chi connectivity index (χ3v) is 14.3. The van der Waals surface area contributed by atoms with E-state index < -0.39 is 59.3 Å². The van der Waals surface area contributed by atoms with Gasteiger partial charge in [0, 0.05) is 18.1 Å². The number of thioether (sulfide) groups is 1. The molecular formula is C60H57N3O7S. The van der Waals surface area contributed by atoms with Gasteiger partial charge in [0.25, 0.3) is 0 Å². The molecule has 0 saturated heterocycles. The topological polar surface area (TPSA) is 143 Å². The van der Waals surface area contributed by atoms with Crippen molar-refractivity contribution >= 4 is 35.6 Å². The summed E-state index contributed by atoms with van der Waals surface area (Å²) in [6.07, 6.45) is -0.866. The number of aliphatic hydroxyl groups is 1. The summed E-state index contributed by atoms with van der Waals surface area (Å²) < 4.78 is 10.3. The number of hydrogen-bond donors (Lipinski definition) is 4. The fourth-order valence-electron chi connectivity index (χ4n) is 9.23. The number of rotatable bonds is 22. The van der Waals surface area contributed by atoms with Crippen LogP contribution in [0.5, 0.6) is 0 Å². The lowest BCUT2D eigenvalue weighted by molar-refractivity contribution is -0.145. The fourth-order valence-corrected chi connectivity index (χ4v) is 10.8. The maximum atomic E-state index is 15.1. The molecule has 0 saturated carbocycles. The highest BCUT2D eigenvalue weighted by atomic mass is 32.2. The Morgan fingerprint density at radius 2 is 1.01 bits per heavy atom. The van der Waals surface area contributed by atoms with Crippen molar-refractivity contribution in [1.29, 1.82) is 0 Å². The maximum Gasteiger partial charge on any atom is 0.407 e. The van der Waals surface area contributed by atoms with E-state index in [1.54, 1.807) is 0 Å². The van der Waals surface area contributed by atoms with E-state index in [1.807, 2.05) is 188 Å². The number of nitrogens with one attached hydrogen (secondary N) is 3. The van der Waals surface area contributed by atoms with Gasteiger partial charge in [-0.15, -0.1) is 11.8 Å². The normalized spacial score (nSPS) is 13.5. The van der Waals surface area contributed by atoms with Crippen molar-refractivity contribution in [3.05, 3.63) is 252 Å². The van der Waals surface area contributed by atoms with Crippen LogP contribution >= 0.6 is 11.8 Å². The van der Waals surface area contributed by atoms with Gasteiger partial charge in [0.15, 0.2) is 0 Å². The molecule has 0 bridgehead atoms. The Morgan fingerprint density at radius 1 is 0.563 bits per heavy atom. The Kier molecular flexibility index (Phi) is 16.9. The van der Waals surface area contributed by atoms with Crippen LogP contribution in [0.25, 0.3) is 11.1 Å². The van der Waals surface area contributed by atoms with E-state index in [1.165, 1.54) is 17.8 Å². The lowest BCUT2D eigenvalue weighted by atomic mass is 9.84. The summed E-state index contributed by atoms with van der Waals surface area (Å²) in [7, 11) is 0. The SMILES string of the molecule is C=CCOC(=O)C[C@H](O)[C@@H](Cc1ccccc1)NC(=O)[C@@H](CSC(c1ccccc1)(c1ccccc1)c1ccccc1)NC(=O)[C@H](Cc1ccccc1)NC(=O)OCC1c2ccccc2-c2ccccc21. The molecular weight excluding hydrogens is 907 g/mol. The molecule has 0 spiro atoms. The zero-order valence-corrected chi connectivity index (χ0v) is 40.1. The molecule has 0 aromatic heterocycles. The lowest BCUT2D eigenvalue weighted by Gasteiger charge is -2.37. The number of benzene rings is 7. The first-order valence-electron chi connectivity index (χ1n) is 23.8. The fraction of sp³-hybridized carbons (Fsp3) is 0.200. The van der Waals surface area contributed by atoms with E-state index in [9.17, 15) is 19.5 Å². The van der Waals surface area contributed by atoms with Crippen LogP contribution in [0.1, 0.15) is 51.3 Å². The summed E-state index contributed by atoms with van der Waals surface area (Å²) in [5, 5.41) is 20.6. The van der Waals surface area contributed by atoms with Crippen molar-refractivity contribution < 1.29 is 33.8 Å². The van der Waals surface area contributed by atoms with Crippen LogP contribution in [0.2, 0.25) is 0 Å². The predicted octanol–water partition coefficient (Wildman–Crippen LogP) is 9.55. The Hall–Kier alpha value is -7.73. The number of fused-ring (bicyclic) bond motifs is 3. The largest absolute Gasteiger partial charge is 0.461 e. The van der Waals surface area contributed by atoms with Crippen molar-refractivity contribution in [2.45, 2.75) is 54.2 Å². The van der Waals surface area contributed by atoms with Crippen molar-refractivity contribution in [3.63, 3.8) is 0 Å². The first-order chi connectivity index (χ1) is 34.7. The van der Waals surface area contributed by atoms with Crippen molar-refractivity contribution in [1.82, 2.24) is 16.0 Å². The second-order valence-electron chi connectivity index (χ2n) is 17.4. The van der Waals surface area contributed by atoms with Crippen molar-refractivity contribution in [2.24, 2.45) is 0 Å². The van der Waals surface area contributed by atoms with E-state index in [0.29, 0.717) is 0 Å². The predicted molar refractivity (Wildman–Crippen MR) is 280 cm³/mol. The van der Waals surface area contributed by atoms with Gasteiger partial charge in [-0.25, -0.2) is 4.79 Å². The van der Waals surface area contributed by atoms with Crippen LogP contribution in [-0.2, 0) is 41.4 Å². The molecule has 3 amide bonds. The smallest absolute Gasteiger partial charge is 0.407 e. The van der Waals surface area contributed by atoms with Gasteiger partial charge in [0.05, 0.1) is 23.3 Å². The van der Waals surface area contributed by atoms with E-state index in [0.717, 1.165) is 50.1 Å². The molecule has 360 valence electrons. The van der Waals surface area contributed by atoms with Crippen LogP contribution in [0.4, 0.5) is 4.79 Å². The molecule has 10 nitrogen and oxygen atoms in total. The van der Waals surface area contributed by atoms with Gasteiger partial charge >= 0.3 is 12.1 Å². The molecule has 1 aliphatic carbocycles. The molecule has 7 aromatic carbocycles. The Bertz CT molecular complexity index is 2730. The molecule has 11 heteroatoms. The van der Waals surface area contributed by atoms with E-state index in [-0.39, 0.29) is 37.7 Å². The molecule has 0 radical (unpaired) electrons. The minimum absolute atomic E-state index is 0.0226. The third kappa shape index (κ3) is 12.4. The van der Waals surface area contributed by atoms with E-state index in [4.69, 9.17) is 9.47 Å². The third-order valence-electron chi connectivity index (χ3n) is 12.7. The first kappa shape index (κ1) is 49.7. The van der Waals surface area contributed by atoms with Crippen LogP contribution in [0.15, 0.2) is 213 Å². The van der Waals surface area contributed by atoms with Gasteiger partial charge in [0.1, 0.15) is 25.3 Å². The van der Waals surface area contributed by atoms with Gasteiger partial charge in [-0.2, -0.15) is 0 Å². The molecule has 0 aliphatic heterocycles. The monoisotopic (exact) mass is 963 g/mol. The molecule has 71 heavy (non-hydrogen) atoms. The number of aliphatic hydroxyl groups excluding tert-OH is 1. The van der Waals surface area contributed by atoms with Gasteiger partial charge in [-0.3, -0.25) is 14.4 Å². The second-order valence-corrected chi connectivity index (χ2v) is 18.6. The number of carbonyl (C=O) groups is 4. The number of amides is 3. The molecule has 4 N–H and O–H groups in total. The zero-order chi connectivity index (χ0) is 49.4. The zero-order valence-electron chi connectivity index (χ0n) is 39.3. The van der Waals surface area contributed by atoms with Crippen LogP contribution in [0, 0.1) is 0 Å². The minimum atomic E-state index is -1.36. The summed E-state index contributed by atoms with van der Waals surface area (Å²) in [5.74, 6) is -2.07. The highest BCUT2D eigenvalue weighted by Crippen LogP contribution is 2.49. The van der Waals surface area contributed by atoms with Gasteiger partial charge in [0.2, 0.25) is 11.8 Å². The Morgan fingerprint density at radius 3 is 1.52 bits per heavy atom. The number of carbonyl (C=O) groups excluding carboxylic acids is 4. The molecule has 1 aliphatic rings. The minimum Gasteiger partial charge on any atom is -0.461 e. The maximum absolute atomic E-state index is 15.1. The number of hydrogen-bond acceptors (Lipinski definition) is 8. The summed E-state index contributed by atoms with van der Waals surface area (Å²) in [5.41, 5.74) is 8.68. The number of esters is 1. The summed E-state index contributed by atoms with van der Waals surface area (Å²) in [4.78, 5) is 56.9. The van der Waals surface area contributed by atoms with Gasteiger partial charge in [-0.05, 0) is 56.5 Å². The molecule has 4 atom stereocenters. The lowest BCUT2D eigenvalue weighted by Crippen LogP contribution is -2.58. The van der Waals surface area contributed by atoms with E-state index in [2.05, 4.69) is 34.7 Å². The Labute approximate surface area is 419 Å². The molecule has 7 aromatic rings. The van der Waals surface area contributed by atoms with Crippen molar-refractivity contribution in [3.8, 4) is 11.1 Å². The average Bonchev–Trinajstić information content (AvgIpc) is 3.73. The number of alkyl carbamates (subject to hydrolysis) is 1. The summed E-state index contributed by atoms with van der Waals surface area (Å²) in [6, 6.07) is 61.3. The van der Waals surface area contributed by atoms with Crippen LogP contribution in [-0.4, -0.2) is 72.2 Å². The first-order valence-corrected chi connectivity index (χ1v) is 24.8. The highest BCUT2D eigenvalue weighted by Gasteiger charge is 2.40. The quantitative estimate of drug-likeness (QED) is 0.0299. The molecule has 0 heterocycles. The molecule has 0 unspecified atom stereocenters. The highest BCUT2D eigenvalue weighted by molar-refractivity contribution is 8.00. The number of ether oxygens (including phenoxy) is 2. The summed E-state index contributed by atoms with van der Waals surface area (Å²) in [6.45, 7) is 3.61. The standard InChI is InChI=1S/C60H57N3O7S/c1-2-36-69-56(65)39-55(64)52(37-42-22-8-3-9-23-42)61-58(67)54(41-71-60(44-26-12-5-13-27-44,45-28-14-6-15-29-45)46-30-16-7-17-31-46)62-57(66)53(38-43-24-10-4-11-25-43)63-59(68)70-40-51-49-34-20-18-32-47(49)48-33-19-21-35-50(48)51/h2-35,51-55,64H,1,36-41H2,(H,61,67)(H,62,66)(H,63,68)/t52-,53+,54-,55+/m1/s1. The summed E-state index contributed by atoms with van der Waals surface area (Å²) >= 11 is 1.47. The van der Waals surface area contributed by atoms with Gasteiger partial charge in [-0.1, -0.05) is 213 Å². The Balaban J connectivity index is 1.12. The van der Waals surface area contributed by atoms with Crippen molar-refractivity contribution in [2.75, 3.05) is 19.0 Å². The van der Waals surface area contributed by atoms with Crippen LogP contribution in [0.3, 0.4) is 0 Å². The van der Waals surface area contributed by atoms with Gasteiger partial charge < -0.3 is 30.5 Å².